The monoisotopic (exact) mass is 775 g/mol. The van der Waals surface area contributed by atoms with E-state index in [0.29, 0.717) is 23.6 Å². The highest BCUT2D eigenvalue weighted by molar-refractivity contribution is 6.36. The van der Waals surface area contributed by atoms with Crippen LogP contribution in [0.5, 0.6) is 6.01 Å². The minimum Gasteiger partial charge on any atom is -0.467 e. The van der Waals surface area contributed by atoms with Crippen molar-refractivity contribution in [1.82, 2.24) is 25.6 Å². The number of hydrogen-bond acceptors (Lipinski definition) is 11. The summed E-state index contributed by atoms with van der Waals surface area (Å²) in [7, 11) is 1.08. The van der Waals surface area contributed by atoms with Crippen molar-refractivity contribution in [3.05, 3.63) is 100 Å². The van der Waals surface area contributed by atoms with Crippen LogP contribution in [0.25, 0.3) is 0 Å². The van der Waals surface area contributed by atoms with Gasteiger partial charge in [0.2, 0.25) is 17.7 Å². The Bertz CT molecular complexity index is 2020. The molecule has 0 spiro atoms. The van der Waals surface area contributed by atoms with Crippen molar-refractivity contribution in [3.63, 3.8) is 0 Å². The molecule has 0 unspecified atom stereocenters. The molecule has 4 aromatic rings. The molecule has 5 rings (SSSR count). The highest BCUT2D eigenvalue weighted by atomic mass is 35.5. The Morgan fingerprint density at radius 2 is 1.61 bits per heavy atom. The molecule has 3 aromatic carbocycles. The third-order valence-corrected chi connectivity index (χ3v) is 8.25. The molecule has 2 amide bonds. The zero-order chi connectivity index (χ0) is 39.0. The predicted octanol–water partition coefficient (Wildman–Crippen LogP) is 5.18. The summed E-state index contributed by atoms with van der Waals surface area (Å²) in [5, 5.41) is 11.3. The van der Waals surface area contributed by atoms with Gasteiger partial charge in [-0.3, -0.25) is 14.4 Å². The third kappa shape index (κ3) is 10.8. The van der Waals surface area contributed by atoms with Gasteiger partial charge in [0.05, 0.1) is 12.6 Å². The number of anilines is 3. The first-order chi connectivity index (χ1) is 25.6. The molecule has 1 heterocycles. The fourth-order valence-corrected chi connectivity index (χ4v) is 5.23. The van der Waals surface area contributed by atoms with E-state index in [1.165, 1.54) is 24.3 Å². The standard InChI is InChI=1S/C35H31ClF5N7O6/c1-53-30(52)26(12-15-42-29(51)27(49)17-20-16-23(37)8-11-25(20)38)44-28(50)19-2-9-24(10-3-19)43-31-45-32(47-33(46-31)54-18-35(39,40)41)48-34(13-14-34)21-4-6-22(36)7-5-21/h2-11,16,26H,12-15,17-18H2,1H3,(H,42,51)(H,44,50)(H2,43,45,46,47,48)/t26-/m0/s1. The number of esters is 1. The van der Waals surface area contributed by atoms with E-state index in [4.69, 9.17) is 21.1 Å². The van der Waals surface area contributed by atoms with Gasteiger partial charge in [0, 0.05) is 29.2 Å². The Hall–Kier alpha value is -5.91. The summed E-state index contributed by atoms with van der Waals surface area (Å²) >= 11 is 6.01. The molecule has 1 atom stereocenters. The molecule has 0 bridgehead atoms. The van der Waals surface area contributed by atoms with Crippen LogP contribution in [0, 0.1) is 11.6 Å². The van der Waals surface area contributed by atoms with Crippen molar-refractivity contribution < 1.29 is 50.6 Å². The number of nitrogens with zero attached hydrogens (tertiary/aromatic N) is 3. The Labute approximate surface area is 309 Å². The molecule has 1 aliphatic carbocycles. The van der Waals surface area contributed by atoms with E-state index in [1.807, 2.05) is 12.1 Å². The van der Waals surface area contributed by atoms with Gasteiger partial charge in [-0.05, 0) is 85.0 Å². The summed E-state index contributed by atoms with van der Waals surface area (Å²) in [5.74, 6) is -5.58. The average Bonchev–Trinajstić information content (AvgIpc) is 3.91. The van der Waals surface area contributed by atoms with Crippen molar-refractivity contribution in [2.45, 2.75) is 43.4 Å². The van der Waals surface area contributed by atoms with Gasteiger partial charge in [-0.1, -0.05) is 23.7 Å². The number of rotatable bonds is 16. The van der Waals surface area contributed by atoms with Crippen molar-refractivity contribution in [1.29, 1.82) is 0 Å². The lowest BCUT2D eigenvalue weighted by atomic mass is 10.1. The number of halogens is 6. The molecule has 1 fully saturated rings. The molecule has 4 N–H and O–H groups in total. The number of nitrogens with one attached hydrogen (secondary N) is 4. The fourth-order valence-electron chi connectivity index (χ4n) is 5.10. The van der Waals surface area contributed by atoms with E-state index >= 15 is 0 Å². The van der Waals surface area contributed by atoms with Crippen LogP contribution in [0.15, 0.2) is 66.7 Å². The lowest BCUT2D eigenvalue weighted by molar-refractivity contribution is -0.154. The molecule has 0 radical (unpaired) electrons. The number of Topliss-reactive ketones (excluding diaryl/α,β-unsaturated/α-hetero) is 1. The lowest BCUT2D eigenvalue weighted by Gasteiger charge is -2.19. The van der Waals surface area contributed by atoms with Crippen molar-refractivity contribution in [3.8, 4) is 6.01 Å². The second-order valence-corrected chi connectivity index (χ2v) is 12.5. The smallest absolute Gasteiger partial charge is 0.422 e. The molecule has 19 heteroatoms. The molecule has 54 heavy (non-hydrogen) atoms. The number of carbonyl (C=O) groups is 4. The molecule has 1 saturated carbocycles. The number of amides is 2. The minimum absolute atomic E-state index is 0.0528. The van der Waals surface area contributed by atoms with E-state index in [-0.39, 0.29) is 36.0 Å². The van der Waals surface area contributed by atoms with Crippen molar-refractivity contribution in [2.24, 2.45) is 0 Å². The molecule has 13 nitrogen and oxygen atoms in total. The Kier molecular flexibility index (Phi) is 12.3. The van der Waals surface area contributed by atoms with E-state index in [2.05, 4.69) is 36.2 Å². The third-order valence-electron chi connectivity index (χ3n) is 8.00. The summed E-state index contributed by atoms with van der Waals surface area (Å²) in [6, 6.07) is 13.3. The summed E-state index contributed by atoms with van der Waals surface area (Å²) < 4.78 is 75.6. The maximum absolute atomic E-state index is 13.9. The quantitative estimate of drug-likeness (QED) is 0.0671. The molecule has 1 aliphatic rings. The van der Waals surface area contributed by atoms with E-state index in [1.54, 1.807) is 12.1 Å². The topological polar surface area (TPSA) is 174 Å². The van der Waals surface area contributed by atoms with Crippen LogP contribution in [0.2, 0.25) is 5.02 Å². The second kappa shape index (κ2) is 16.8. The van der Waals surface area contributed by atoms with Crippen LogP contribution in [-0.4, -0.2) is 71.0 Å². The van der Waals surface area contributed by atoms with Crippen molar-refractivity contribution in [2.75, 3.05) is 30.9 Å². The Balaban J connectivity index is 1.21. The first kappa shape index (κ1) is 39.3. The first-order valence-corrected chi connectivity index (χ1v) is 16.5. The van der Waals surface area contributed by atoms with E-state index < -0.39 is 72.0 Å². The van der Waals surface area contributed by atoms with Gasteiger partial charge in [0.1, 0.15) is 17.7 Å². The summed E-state index contributed by atoms with van der Waals surface area (Å²) in [4.78, 5) is 62.2. The first-order valence-electron chi connectivity index (χ1n) is 16.1. The number of carbonyl (C=O) groups excluding carboxylic acids is 4. The number of aromatic nitrogens is 3. The normalized spacial score (nSPS) is 13.6. The zero-order valence-corrected chi connectivity index (χ0v) is 29.0. The molecular formula is C35H31ClF5N7O6. The minimum atomic E-state index is -4.65. The number of alkyl halides is 3. The molecule has 0 saturated heterocycles. The van der Waals surface area contributed by atoms with Crippen LogP contribution in [0.3, 0.4) is 0 Å². The van der Waals surface area contributed by atoms with Gasteiger partial charge in [-0.15, -0.1) is 0 Å². The zero-order valence-electron chi connectivity index (χ0n) is 28.2. The SMILES string of the molecule is COC(=O)[C@H](CCNC(=O)C(=O)Cc1cc(F)ccc1F)NC(=O)c1ccc(Nc2nc(NC3(c4ccc(Cl)cc4)CC3)nc(OCC(F)(F)F)n2)cc1. The van der Waals surface area contributed by atoms with Crippen LogP contribution in [0.4, 0.5) is 39.5 Å². The van der Waals surface area contributed by atoms with E-state index in [0.717, 1.165) is 30.9 Å². The Morgan fingerprint density at radius 1 is 0.926 bits per heavy atom. The Morgan fingerprint density at radius 3 is 2.26 bits per heavy atom. The van der Waals surface area contributed by atoms with Crippen molar-refractivity contribution >= 4 is 52.8 Å². The predicted molar refractivity (Wildman–Crippen MR) is 183 cm³/mol. The molecule has 1 aromatic heterocycles. The largest absolute Gasteiger partial charge is 0.467 e. The van der Waals surface area contributed by atoms with Gasteiger partial charge in [-0.2, -0.15) is 28.1 Å². The molecule has 284 valence electrons. The van der Waals surface area contributed by atoms with Gasteiger partial charge < -0.3 is 30.7 Å². The number of ketones is 1. The highest BCUT2D eigenvalue weighted by Crippen LogP contribution is 2.48. The summed E-state index contributed by atoms with van der Waals surface area (Å²) in [6.45, 7) is -1.91. The number of ether oxygens (including phenoxy) is 2. The fraction of sp³-hybridized carbons (Fsp3) is 0.286. The van der Waals surface area contributed by atoms with Crippen LogP contribution in [-0.2, 0) is 31.1 Å². The van der Waals surface area contributed by atoms with Gasteiger partial charge in [-0.25, -0.2) is 13.6 Å². The number of benzene rings is 3. The van der Waals surface area contributed by atoms with Crippen LogP contribution < -0.4 is 26.0 Å². The number of methoxy groups -OCH3 is 1. The second-order valence-electron chi connectivity index (χ2n) is 12.0. The maximum atomic E-state index is 13.9. The lowest BCUT2D eigenvalue weighted by Crippen LogP contribution is -2.44. The van der Waals surface area contributed by atoms with Gasteiger partial charge >= 0.3 is 18.2 Å². The maximum Gasteiger partial charge on any atom is 0.422 e. The van der Waals surface area contributed by atoms with Gasteiger partial charge in [0.15, 0.2) is 6.61 Å². The highest BCUT2D eigenvalue weighted by Gasteiger charge is 2.45. The van der Waals surface area contributed by atoms with Crippen LogP contribution in [0.1, 0.15) is 40.7 Å². The molecule has 0 aliphatic heterocycles. The average molecular weight is 776 g/mol. The van der Waals surface area contributed by atoms with Crippen LogP contribution >= 0.6 is 11.6 Å². The van der Waals surface area contributed by atoms with E-state index in [9.17, 15) is 41.1 Å². The number of hydrogen-bond donors (Lipinski definition) is 4. The summed E-state index contributed by atoms with van der Waals surface area (Å²) in [5.41, 5.74) is 0.395. The summed E-state index contributed by atoms with van der Waals surface area (Å²) in [6.07, 6.45) is -4.16. The molecular weight excluding hydrogens is 745 g/mol. The van der Waals surface area contributed by atoms with Gasteiger partial charge in [0.25, 0.3) is 11.8 Å².